The summed E-state index contributed by atoms with van der Waals surface area (Å²) in [7, 11) is 2.18. The van der Waals surface area contributed by atoms with Crippen LogP contribution in [0.1, 0.15) is 13.3 Å². The van der Waals surface area contributed by atoms with Gasteiger partial charge in [-0.2, -0.15) is 0 Å². The third kappa shape index (κ3) is 1.48. The van der Waals surface area contributed by atoms with Gasteiger partial charge in [-0.05, 0) is 25.2 Å². The predicted octanol–water partition coefficient (Wildman–Crippen LogP) is 1.28. The van der Waals surface area contributed by atoms with E-state index in [0.717, 1.165) is 18.2 Å². The summed E-state index contributed by atoms with van der Waals surface area (Å²) >= 11 is 0. The van der Waals surface area contributed by atoms with E-state index in [4.69, 9.17) is 9.78 Å². The third-order valence-electron chi connectivity index (χ3n) is 3.70. The molecule has 1 fully saturated rings. The zero-order valence-electron chi connectivity index (χ0n) is 9.31. The lowest BCUT2D eigenvalue weighted by Gasteiger charge is -2.03. The van der Waals surface area contributed by atoms with Crippen molar-refractivity contribution in [1.82, 2.24) is 0 Å². The molecular formula is C12H14BO3. The minimum atomic E-state index is 0.288. The van der Waals surface area contributed by atoms with E-state index in [1.54, 1.807) is 0 Å². The van der Waals surface area contributed by atoms with Gasteiger partial charge in [-0.3, -0.25) is 0 Å². The van der Waals surface area contributed by atoms with E-state index in [0.29, 0.717) is 25.0 Å². The van der Waals surface area contributed by atoms with Crippen molar-refractivity contribution in [2.45, 2.75) is 13.3 Å². The molecule has 0 aromatic carbocycles. The Balaban J connectivity index is 1.60. The van der Waals surface area contributed by atoms with Gasteiger partial charge in [-0.1, -0.05) is 22.6 Å². The highest BCUT2D eigenvalue weighted by Crippen LogP contribution is 2.60. The van der Waals surface area contributed by atoms with Gasteiger partial charge in [-0.15, -0.1) is 0 Å². The number of allylic oxidation sites excluding steroid dienone is 3. The number of carbonyl (C=O) groups is 1. The molecule has 0 amide bonds. The van der Waals surface area contributed by atoms with Gasteiger partial charge in [-0.25, -0.2) is 9.78 Å². The number of fused-ring (bicyclic) bond motifs is 2. The molecule has 3 atom stereocenters. The Kier molecular flexibility index (Phi) is 2.48. The molecule has 1 heterocycles. The van der Waals surface area contributed by atoms with Crippen LogP contribution in [0.15, 0.2) is 22.6 Å². The average Bonchev–Trinajstić information content (AvgIpc) is 2.63. The second-order valence-corrected chi connectivity index (χ2v) is 4.62. The minimum Gasteiger partial charge on any atom is -0.303 e. The van der Waals surface area contributed by atoms with Crippen LogP contribution in [0.4, 0.5) is 0 Å². The van der Waals surface area contributed by atoms with Crippen molar-refractivity contribution in [2.24, 2.45) is 17.8 Å². The van der Waals surface area contributed by atoms with Crippen LogP contribution in [-0.2, 0) is 14.6 Å². The Morgan fingerprint density at radius 1 is 1.56 bits per heavy atom. The van der Waals surface area contributed by atoms with E-state index < -0.39 is 0 Å². The van der Waals surface area contributed by atoms with Gasteiger partial charge in [0.1, 0.15) is 6.29 Å². The first-order valence-corrected chi connectivity index (χ1v) is 5.83. The summed E-state index contributed by atoms with van der Waals surface area (Å²) in [6, 6.07) is 0. The largest absolute Gasteiger partial charge is 0.303 e. The summed E-state index contributed by atoms with van der Waals surface area (Å²) in [6.45, 7) is 2.97. The van der Waals surface area contributed by atoms with Crippen LogP contribution >= 0.6 is 0 Å². The Bertz CT molecular complexity index is 386. The van der Waals surface area contributed by atoms with E-state index in [1.807, 2.05) is 6.92 Å². The van der Waals surface area contributed by atoms with Crippen LogP contribution < -0.4 is 0 Å². The number of hydrogen-bond acceptors (Lipinski definition) is 3. The van der Waals surface area contributed by atoms with Crippen LogP contribution in [0, 0.1) is 17.8 Å². The molecule has 1 saturated carbocycles. The fraction of sp³-hybridized carbons (Fsp3) is 0.583. The Labute approximate surface area is 95.7 Å². The summed E-state index contributed by atoms with van der Waals surface area (Å²) in [5, 5.41) is 0. The molecule has 83 valence electrons. The van der Waals surface area contributed by atoms with E-state index in [9.17, 15) is 4.79 Å². The van der Waals surface area contributed by atoms with E-state index in [2.05, 4.69) is 13.4 Å². The predicted molar refractivity (Wildman–Crippen MR) is 59.6 cm³/mol. The Morgan fingerprint density at radius 3 is 3.19 bits per heavy atom. The van der Waals surface area contributed by atoms with Crippen LogP contribution in [0.3, 0.4) is 0 Å². The van der Waals surface area contributed by atoms with Crippen molar-refractivity contribution in [3.8, 4) is 0 Å². The zero-order chi connectivity index (χ0) is 11.1. The van der Waals surface area contributed by atoms with Gasteiger partial charge < -0.3 is 4.79 Å². The zero-order valence-corrected chi connectivity index (χ0v) is 9.31. The summed E-state index contributed by atoms with van der Waals surface area (Å²) in [4.78, 5) is 20.7. The van der Waals surface area contributed by atoms with Crippen LogP contribution in [0.25, 0.3) is 0 Å². The fourth-order valence-electron chi connectivity index (χ4n) is 2.95. The first-order valence-electron chi connectivity index (χ1n) is 5.83. The molecule has 0 N–H and O–H groups in total. The van der Waals surface area contributed by atoms with Gasteiger partial charge in [0.15, 0.2) is 7.28 Å². The molecule has 2 aliphatic carbocycles. The summed E-state index contributed by atoms with van der Waals surface area (Å²) in [5.74, 6) is 1.40. The number of aldehydes is 1. The molecule has 0 spiro atoms. The molecule has 16 heavy (non-hydrogen) atoms. The van der Waals surface area contributed by atoms with Crippen LogP contribution in [-0.4, -0.2) is 26.8 Å². The summed E-state index contributed by atoms with van der Waals surface area (Å²) < 4.78 is 0. The lowest BCUT2D eigenvalue weighted by Crippen LogP contribution is -2.05. The number of rotatable bonds is 5. The SMILES string of the molecule is CCOOCC1=CC2=C([B]1)CC1C(C=O)C21. The summed E-state index contributed by atoms with van der Waals surface area (Å²) in [5.41, 5.74) is 3.94. The molecule has 1 radical (unpaired) electrons. The second-order valence-electron chi connectivity index (χ2n) is 4.62. The van der Waals surface area contributed by atoms with Crippen molar-refractivity contribution in [1.29, 1.82) is 0 Å². The average molecular weight is 217 g/mol. The Morgan fingerprint density at radius 2 is 2.44 bits per heavy atom. The number of hydrogen-bond donors (Lipinski definition) is 0. The topological polar surface area (TPSA) is 35.5 Å². The molecular weight excluding hydrogens is 203 g/mol. The first-order chi connectivity index (χ1) is 7.85. The van der Waals surface area contributed by atoms with Gasteiger partial charge >= 0.3 is 0 Å². The van der Waals surface area contributed by atoms with Gasteiger partial charge in [0.25, 0.3) is 0 Å². The standard InChI is InChI=1S/C12H14BO3/c1-2-15-16-6-7-3-9-11(13-7)4-8-10(5-14)12(8)9/h3,5,8,10,12H,2,4,6H2,1H3. The third-order valence-corrected chi connectivity index (χ3v) is 3.70. The molecule has 0 aromatic heterocycles. The molecule has 3 unspecified atom stereocenters. The Hall–Kier alpha value is -0.865. The normalized spacial score (nSPS) is 34.3. The van der Waals surface area contributed by atoms with Gasteiger partial charge in [0.05, 0.1) is 13.2 Å². The molecule has 1 aliphatic heterocycles. The van der Waals surface area contributed by atoms with Crippen molar-refractivity contribution < 1.29 is 14.6 Å². The highest BCUT2D eigenvalue weighted by atomic mass is 17.2. The van der Waals surface area contributed by atoms with Crippen molar-refractivity contribution in [3.05, 3.63) is 22.6 Å². The van der Waals surface area contributed by atoms with Crippen LogP contribution in [0.5, 0.6) is 0 Å². The molecule has 0 bridgehead atoms. The van der Waals surface area contributed by atoms with Crippen molar-refractivity contribution in [2.75, 3.05) is 13.2 Å². The van der Waals surface area contributed by atoms with E-state index in [-0.39, 0.29) is 5.92 Å². The second kappa shape index (κ2) is 3.86. The lowest BCUT2D eigenvalue weighted by molar-refractivity contribution is -0.283. The maximum Gasteiger partial charge on any atom is 0.183 e. The van der Waals surface area contributed by atoms with Crippen molar-refractivity contribution in [3.63, 3.8) is 0 Å². The van der Waals surface area contributed by atoms with E-state index in [1.165, 1.54) is 11.0 Å². The maximum absolute atomic E-state index is 10.8. The monoisotopic (exact) mass is 217 g/mol. The molecule has 3 aliphatic rings. The summed E-state index contributed by atoms with van der Waals surface area (Å²) in [6.07, 6.45) is 4.35. The highest BCUT2D eigenvalue weighted by molar-refractivity contribution is 6.56. The molecule has 3 nitrogen and oxygen atoms in total. The molecule has 0 aromatic rings. The molecule has 3 rings (SSSR count). The first kappa shape index (κ1) is 10.3. The van der Waals surface area contributed by atoms with Gasteiger partial charge in [0.2, 0.25) is 0 Å². The minimum absolute atomic E-state index is 0.288. The van der Waals surface area contributed by atoms with Crippen LogP contribution in [0.2, 0.25) is 0 Å². The molecule has 0 saturated heterocycles. The quantitative estimate of drug-likeness (QED) is 0.229. The van der Waals surface area contributed by atoms with Gasteiger partial charge in [0, 0.05) is 5.92 Å². The highest BCUT2D eigenvalue weighted by Gasteiger charge is 2.56. The maximum atomic E-state index is 10.8. The lowest BCUT2D eigenvalue weighted by atomic mass is 9.65. The van der Waals surface area contributed by atoms with E-state index >= 15 is 0 Å². The van der Waals surface area contributed by atoms with Crippen molar-refractivity contribution >= 4 is 13.6 Å². The smallest absolute Gasteiger partial charge is 0.183 e. The molecule has 4 heteroatoms. The fourth-order valence-corrected chi connectivity index (χ4v) is 2.95. The number of carbonyl (C=O) groups excluding carboxylic acids is 1.